The predicted octanol–water partition coefficient (Wildman–Crippen LogP) is 2.04. The summed E-state index contributed by atoms with van der Waals surface area (Å²) < 4.78 is 5.18. The summed E-state index contributed by atoms with van der Waals surface area (Å²) in [5.74, 6) is -0.360. The van der Waals surface area contributed by atoms with Gasteiger partial charge in [0.05, 0.1) is 18.5 Å². The minimum atomic E-state index is -1.03. The molecule has 21 heavy (non-hydrogen) atoms. The molecule has 0 fully saturated rings. The van der Waals surface area contributed by atoms with Gasteiger partial charge in [-0.3, -0.25) is 15.3 Å². The molecule has 0 saturated heterocycles. The van der Waals surface area contributed by atoms with Crippen LogP contribution < -0.4 is 5.32 Å². The van der Waals surface area contributed by atoms with Crippen molar-refractivity contribution in [2.24, 2.45) is 0 Å². The lowest BCUT2D eigenvalue weighted by molar-refractivity contribution is -0.151. The number of hydrogen-bond acceptors (Lipinski definition) is 5. The first-order valence-corrected chi connectivity index (χ1v) is 6.89. The monoisotopic (exact) mass is 285 g/mol. The molecule has 0 aliphatic heterocycles. The highest BCUT2D eigenvalue weighted by molar-refractivity contribution is 5.81. The highest BCUT2D eigenvalue weighted by Crippen LogP contribution is 2.20. The summed E-state index contributed by atoms with van der Waals surface area (Å²) in [6.45, 7) is 4.40. The maximum Gasteiger partial charge on any atom is 0.332 e. The van der Waals surface area contributed by atoms with E-state index < -0.39 is 5.54 Å². The predicted molar refractivity (Wildman–Crippen MR) is 79.3 cm³/mol. The molecule has 5 nitrogen and oxygen atoms in total. The quantitative estimate of drug-likeness (QED) is 0.823. The molecule has 5 heteroatoms. The van der Waals surface area contributed by atoms with Crippen molar-refractivity contribution in [3.05, 3.63) is 60.2 Å². The number of carbonyl (C=O) groups excluding carboxylic acids is 1. The van der Waals surface area contributed by atoms with Crippen molar-refractivity contribution in [2.75, 3.05) is 6.61 Å². The molecular formula is C16H19N3O2. The standard InChI is InChI=1S/C16H19N3O2/c1-3-21-15(20)16(2,14-12-17-9-10-18-14)19-11-13-7-5-4-6-8-13/h4-10,12,19H,3,11H2,1-2H3. The molecule has 0 bridgehead atoms. The summed E-state index contributed by atoms with van der Waals surface area (Å²) >= 11 is 0. The van der Waals surface area contributed by atoms with Gasteiger partial charge < -0.3 is 4.74 Å². The molecule has 1 heterocycles. The lowest BCUT2D eigenvalue weighted by atomic mass is 9.97. The number of hydrogen-bond donors (Lipinski definition) is 1. The number of ether oxygens (including phenoxy) is 1. The molecule has 1 aromatic heterocycles. The largest absolute Gasteiger partial charge is 0.464 e. The molecule has 1 atom stereocenters. The van der Waals surface area contributed by atoms with Crippen molar-refractivity contribution in [2.45, 2.75) is 25.9 Å². The Labute approximate surface area is 124 Å². The van der Waals surface area contributed by atoms with E-state index in [1.165, 1.54) is 0 Å². The van der Waals surface area contributed by atoms with Crippen LogP contribution in [0, 0.1) is 0 Å². The van der Waals surface area contributed by atoms with Crippen LogP contribution in [0.1, 0.15) is 25.1 Å². The molecule has 0 radical (unpaired) electrons. The van der Waals surface area contributed by atoms with Crippen LogP contribution in [0.3, 0.4) is 0 Å². The summed E-state index contributed by atoms with van der Waals surface area (Å²) in [7, 11) is 0. The minimum absolute atomic E-state index is 0.321. The van der Waals surface area contributed by atoms with Crippen LogP contribution in [0.15, 0.2) is 48.9 Å². The van der Waals surface area contributed by atoms with E-state index in [0.29, 0.717) is 18.8 Å². The fourth-order valence-corrected chi connectivity index (χ4v) is 1.97. The van der Waals surface area contributed by atoms with Gasteiger partial charge in [-0.05, 0) is 19.4 Å². The van der Waals surface area contributed by atoms with E-state index in [-0.39, 0.29) is 5.97 Å². The second-order valence-electron chi connectivity index (χ2n) is 4.78. The van der Waals surface area contributed by atoms with Gasteiger partial charge in [0.2, 0.25) is 0 Å². The summed E-state index contributed by atoms with van der Waals surface area (Å²) in [5.41, 5.74) is 0.594. The number of benzene rings is 1. The number of nitrogens with zero attached hydrogens (tertiary/aromatic N) is 2. The van der Waals surface area contributed by atoms with Crippen molar-refractivity contribution in [1.82, 2.24) is 15.3 Å². The van der Waals surface area contributed by atoms with Gasteiger partial charge >= 0.3 is 5.97 Å². The van der Waals surface area contributed by atoms with Crippen molar-refractivity contribution in [1.29, 1.82) is 0 Å². The number of nitrogens with one attached hydrogen (secondary N) is 1. The van der Waals surface area contributed by atoms with Crippen LogP contribution >= 0.6 is 0 Å². The molecule has 1 N–H and O–H groups in total. The molecular weight excluding hydrogens is 266 g/mol. The molecule has 0 saturated carbocycles. The van der Waals surface area contributed by atoms with Gasteiger partial charge in [-0.15, -0.1) is 0 Å². The third-order valence-corrected chi connectivity index (χ3v) is 3.25. The second kappa shape index (κ2) is 6.95. The third kappa shape index (κ3) is 3.64. The first-order chi connectivity index (χ1) is 10.2. The molecule has 1 unspecified atom stereocenters. The minimum Gasteiger partial charge on any atom is -0.464 e. The highest BCUT2D eigenvalue weighted by Gasteiger charge is 2.38. The average molecular weight is 285 g/mol. The van der Waals surface area contributed by atoms with Crippen LogP contribution in [0.5, 0.6) is 0 Å². The van der Waals surface area contributed by atoms with Gasteiger partial charge in [-0.1, -0.05) is 30.3 Å². The maximum atomic E-state index is 12.3. The smallest absolute Gasteiger partial charge is 0.332 e. The van der Waals surface area contributed by atoms with Gasteiger partial charge in [-0.2, -0.15) is 0 Å². The molecule has 0 spiro atoms. The van der Waals surface area contributed by atoms with Gasteiger partial charge in [0.1, 0.15) is 0 Å². The molecule has 0 aliphatic rings. The Kier molecular flexibility index (Phi) is 5.00. The zero-order chi connectivity index (χ0) is 15.1. The first-order valence-electron chi connectivity index (χ1n) is 6.89. The molecule has 2 aromatic rings. The number of aromatic nitrogens is 2. The van der Waals surface area contributed by atoms with E-state index in [1.54, 1.807) is 32.4 Å². The van der Waals surface area contributed by atoms with Crippen LogP contribution in [-0.2, 0) is 21.6 Å². The Morgan fingerprint density at radius 1 is 1.29 bits per heavy atom. The van der Waals surface area contributed by atoms with E-state index >= 15 is 0 Å². The van der Waals surface area contributed by atoms with Gasteiger partial charge in [0.25, 0.3) is 0 Å². The first kappa shape index (κ1) is 15.1. The molecule has 2 rings (SSSR count). The summed E-state index contributed by atoms with van der Waals surface area (Å²) in [4.78, 5) is 20.6. The summed E-state index contributed by atoms with van der Waals surface area (Å²) in [5, 5.41) is 3.24. The highest BCUT2D eigenvalue weighted by atomic mass is 16.5. The lowest BCUT2D eigenvalue weighted by Gasteiger charge is -2.27. The van der Waals surface area contributed by atoms with Gasteiger partial charge in [-0.25, -0.2) is 4.79 Å². The van der Waals surface area contributed by atoms with Crippen LogP contribution in [0.4, 0.5) is 0 Å². The fraction of sp³-hybridized carbons (Fsp3) is 0.312. The third-order valence-electron chi connectivity index (χ3n) is 3.25. The van der Waals surface area contributed by atoms with Crippen molar-refractivity contribution < 1.29 is 9.53 Å². The van der Waals surface area contributed by atoms with Crippen molar-refractivity contribution in [3.63, 3.8) is 0 Å². The van der Waals surface area contributed by atoms with E-state index in [4.69, 9.17) is 4.74 Å². The molecule has 0 aliphatic carbocycles. The van der Waals surface area contributed by atoms with Crippen molar-refractivity contribution >= 4 is 5.97 Å². The molecule has 110 valence electrons. The zero-order valence-corrected chi connectivity index (χ0v) is 12.2. The molecule has 1 aromatic carbocycles. The fourth-order valence-electron chi connectivity index (χ4n) is 1.97. The second-order valence-corrected chi connectivity index (χ2v) is 4.78. The maximum absolute atomic E-state index is 12.3. The normalized spacial score (nSPS) is 13.4. The van der Waals surface area contributed by atoms with Crippen LogP contribution in [0.25, 0.3) is 0 Å². The Balaban J connectivity index is 2.22. The van der Waals surface area contributed by atoms with Crippen LogP contribution in [0.2, 0.25) is 0 Å². The number of esters is 1. The Morgan fingerprint density at radius 2 is 2.05 bits per heavy atom. The van der Waals surface area contributed by atoms with E-state index in [0.717, 1.165) is 5.56 Å². The van der Waals surface area contributed by atoms with E-state index in [9.17, 15) is 4.79 Å². The number of rotatable bonds is 6. The van der Waals surface area contributed by atoms with Gasteiger partial charge in [0, 0.05) is 18.9 Å². The Hall–Kier alpha value is -2.27. The number of carbonyl (C=O) groups is 1. The van der Waals surface area contributed by atoms with Crippen molar-refractivity contribution in [3.8, 4) is 0 Å². The topological polar surface area (TPSA) is 64.1 Å². The Morgan fingerprint density at radius 3 is 2.67 bits per heavy atom. The van der Waals surface area contributed by atoms with E-state index in [1.807, 2.05) is 30.3 Å². The van der Waals surface area contributed by atoms with Crippen LogP contribution in [-0.4, -0.2) is 22.5 Å². The van der Waals surface area contributed by atoms with Gasteiger partial charge in [0.15, 0.2) is 5.54 Å². The average Bonchev–Trinajstić information content (AvgIpc) is 2.54. The molecule has 0 amide bonds. The van der Waals surface area contributed by atoms with E-state index in [2.05, 4.69) is 15.3 Å². The zero-order valence-electron chi connectivity index (χ0n) is 12.2. The Bertz CT molecular complexity index is 575. The summed E-state index contributed by atoms with van der Waals surface area (Å²) in [6, 6.07) is 9.86. The summed E-state index contributed by atoms with van der Waals surface area (Å²) in [6.07, 6.45) is 4.72. The lowest BCUT2D eigenvalue weighted by Crippen LogP contribution is -2.48. The SMILES string of the molecule is CCOC(=O)C(C)(NCc1ccccc1)c1cnccn1.